The summed E-state index contributed by atoms with van der Waals surface area (Å²) in [6.45, 7) is 11.6. The number of hydrogen-bond acceptors (Lipinski definition) is 8. The van der Waals surface area contributed by atoms with E-state index in [-0.39, 0.29) is 24.8 Å². The van der Waals surface area contributed by atoms with Crippen LogP contribution in [0.5, 0.6) is 0 Å². The van der Waals surface area contributed by atoms with Crippen molar-refractivity contribution in [3.63, 3.8) is 0 Å². The maximum atomic E-state index is 13.2. The van der Waals surface area contributed by atoms with Gasteiger partial charge in [0.25, 0.3) is 11.8 Å². The lowest BCUT2D eigenvalue weighted by Gasteiger charge is -2.38. The quantitative estimate of drug-likeness (QED) is 0.552. The molecule has 40 heavy (non-hydrogen) atoms. The summed E-state index contributed by atoms with van der Waals surface area (Å²) < 4.78 is 5.50. The molecule has 0 radical (unpaired) electrons. The molecule has 5 rings (SSSR count). The summed E-state index contributed by atoms with van der Waals surface area (Å²) in [5, 5.41) is 2.23. The highest BCUT2D eigenvalue weighted by molar-refractivity contribution is 6.23. The van der Waals surface area contributed by atoms with Gasteiger partial charge in [0.1, 0.15) is 11.6 Å². The van der Waals surface area contributed by atoms with Crippen LogP contribution in [0.1, 0.15) is 73.6 Å². The van der Waals surface area contributed by atoms with Crippen LogP contribution in [0.3, 0.4) is 0 Å². The smallest absolute Gasteiger partial charge is 0.410 e. The Balaban J connectivity index is 1.10. The number of anilines is 1. The van der Waals surface area contributed by atoms with Gasteiger partial charge in [-0.1, -0.05) is 0 Å². The fraction of sp³-hybridized carbons (Fsp3) is 0.621. The highest BCUT2D eigenvalue weighted by Crippen LogP contribution is 2.31. The van der Waals surface area contributed by atoms with Crippen LogP contribution >= 0.6 is 0 Å². The minimum atomic E-state index is -0.957. The molecule has 1 unspecified atom stereocenters. The molecule has 11 nitrogen and oxygen atoms in total. The van der Waals surface area contributed by atoms with E-state index in [1.807, 2.05) is 31.7 Å². The standard InChI is InChI=1S/C29H39N5O6/c1-29(2,3)40-28(39)33-12-9-19(10-13-33)8-11-31-14-16-32(17-15-31)20-4-5-21-22(18-20)27(38)34(26(21)37)23-6-7-24(35)30-25(23)36/h4-5,18-19,23H,6-17H2,1-3H3,(H,30,35,36). The zero-order chi connectivity index (χ0) is 28.6. The first-order valence-corrected chi connectivity index (χ1v) is 14.3. The van der Waals surface area contributed by atoms with Crippen LogP contribution in [0.15, 0.2) is 18.2 Å². The van der Waals surface area contributed by atoms with Gasteiger partial charge in [0, 0.05) is 51.4 Å². The van der Waals surface area contributed by atoms with Gasteiger partial charge in [-0.3, -0.25) is 34.3 Å². The van der Waals surface area contributed by atoms with E-state index in [9.17, 15) is 24.0 Å². The number of hydrogen-bond donors (Lipinski definition) is 1. The number of imide groups is 2. The number of carbonyl (C=O) groups excluding carboxylic acids is 5. The molecule has 0 saturated carbocycles. The van der Waals surface area contributed by atoms with Gasteiger partial charge in [0.15, 0.2) is 0 Å². The molecule has 1 aromatic rings. The topological polar surface area (TPSA) is 120 Å². The van der Waals surface area contributed by atoms with Gasteiger partial charge < -0.3 is 14.5 Å². The lowest BCUT2D eigenvalue weighted by Crippen LogP contribution is -2.54. The molecule has 4 aliphatic heterocycles. The van der Waals surface area contributed by atoms with E-state index in [1.165, 1.54) is 0 Å². The fourth-order valence-electron chi connectivity index (χ4n) is 5.98. The van der Waals surface area contributed by atoms with Crippen molar-refractivity contribution in [2.45, 2.75) is 64.5 Å². The third kappa shape index (κ3) is 5.99. The number of carbonyl (C=O) groups is 5. The molecule has 0 aromatic heterocycles. The molecule has 0 spiro atoms. The van der Waals surface area contributed by atoms with Gasteiger partial charge in [-0.05, 0) is 77.1 Å². The molecule has 216 valence electrons. The van der Waals surface area contributed by atoms with Crippen LogP contribution in [0.2, 0.25) is 0 Å². The first-order valence-electron chi connectivity index (χ1n) is 14.3. The predicted octanol–water partition coefficient (Wildman–Crippen LogP) is 2.25. The van der Waals surface area contributed by atoms with E-state index < -0.39 is 29.4 Å². The van der Waals surface area contributed by atoms with Crippen molar-refractivity contribution in [3.05, 3.63) is 29.3 Å². The van der Waals surface area contributed by atoms with E-state index >= 15 is 0 Å². The van der Waals surface area contributed by atoms with E-state index in [0.717, 1.165) is 75.7 Å². The average Bonchev–Trinajstić information content (AvgIpc) is 3.16. The minimum absolute atomic E-state index is 0.102. The number of fused-ring (bicyclic) bond motifs is 1. The summed E-state index contributed by atoms with van der Waals surface area (Å²) >= 11 is 0. The molecule has 1 atom stereocenters. The second kappa shape index (κ2) is 11.2. The van der Waals surface area contributed by atoms with Gasteiger partial charge >= 0.3 is 6.09 Å². The molecule has 1 N–H and O–H groups in total. The first-order chi connectivity index (χ1) is 19.0. The largest absolute Gasteiger partial charge is 0.444 e. The molecule has 4 aliphatic rings. The van der Waals surface area contributed by atoms with Gasteiger partial charge in [-0.25, -0.2) is 4.79 Å². The van der Waals surface area contributed by atoms with E-state index in [0.29, 0.717) is 17.0 Å². The Morgan fingerprint density at radius 3 is 2.25 bits per heavy atom. The maximum absolute atomic E-state index is 13.2. The lowest BCUT2D eigenvalue weighted by molar-refractivity contribution is -0.136. The Kier molecular flexibility index (Phi) is 7.85. The van der Waals surface area contributed by atoms with Crippen molar-refractivity contribution < 1.29 is 28.7 Å². The van der Waals surface area contributed by atoms with Crippen LogP contribution in [-0.2, 0) is 14.3 Å². The fourth-order valence-corrected chi connectivity index (χ4v) is 5.98. The minimum Gasteiger partial charge on any atom is -0.444 e. The summed E-state index contributed by atoms with van der Waals surface area (Å²) in [6.07, 6.45) is 3.13. The predicted molar refractivity (Wildman–Crippen MR) is 147 cm³/mol. The van der Waals surface area contributed by atoms with Crippen LogP contribution in [0.4, 0.5) is 10.5 Å². The number of rotatable bonds is 5. The Morgan fingerprint density at radius 1 is 0.925 bits per heavy atom. The van der Waals surface area contributed by atoms with Crippen LogP contribution in [-0.4, -0.2) is 102 Å². The Labute approximate surface area is 234 Å². The van der Waals surface area contributed by atoms with Crippen molar-refractivity contribution in [2.24, 2.45) is 5.92 Å². The molecule has 11 heteroatoms. The van der Waals surface area contributed by atoms with Crippen molar-refractivity contribution in [1.82, 2.24) is 20.0 Å². The molecule has 0 aliphatic carbocycles. The molecular formula is C29H39N5O6. The zero-order valence-corrected chi connectivity index (χ0v) is 23.6. The van der Waals surface area contributed by atoms with Crippen molar-refractivity contribution in [1.29, 1.82) is 0 Å². The second-order valence-corrected chi connectivity index (χ2v) is 12.2. The number of piperidine rings is 2. The summed E-state index contributed by atoms with van der Waals surface area (Å²) in [7, 11) is 0. The summed E-state index contributed by atoms with van der Waals surface area (Å²) in [6, 6.07) is 4.34. The third-order valence-electron chi connectivity index (χ3n) is 8.28. The summed E-state index contributed by atoms with van der Waals surface area (Å²) in [5.41, 5.74) is 1.03. The van der Waals surface area contributed by atoms with Gasteiger partial charge in [-0.2, -0.15) is 0 Å². The Morgan fingerprint density at radius 2 is 1.60 bits per heavy atom. The Hall–Kier alpha value is -3.47. The number of likely N-dealkylation sites (tertiary alicyclic amines) is 1. The number of nitrogens with zero attached hydrogens (tertiary/aromatic N) is 4. The number of amides is 5. The van der Waals surface area contributed by atoms with Crippen LogP contribution < -0.4 is 10.2 Å². The van der Waals surface area contributed by atoms with E-state index in [4.69, 9.17) is 4.74 Å². The molecule has 5 amide bonds. The number of ether oxygens (including phenoxy) is 1. The summed E-state index contributed by atoms with van der Waals surface area (Å²) in [5.74, 6) is -1.35. The van der Waals surface area contributed by atoms with E-state index in [1.54, 1.807) is 12.1 Å². The Bertz CT molecular complexity index is 1190. The van der Waals surface area contributed by atoms with Gasteiger partial charge in [-0.15, -0.1) is 0 Å². The van der Waals surface area contributed by atoms with Gasteiger partial charge in [0.05, 0.1) is 11.1 Å². The monoisotopic (exact) mass is 553 g/mol. The van der Waals surface area contributed by atoms with Crippen molar-refractivity contribution in [3.8, 4) is 0 Å². The zero-order valence-electron chi connectivity index (χ0n) is 23.6. The highest BCUT2D eigenvalue weighted by Gasteiger charge is 2.44. The van der Waals surface area contributed by atoms with Crippen molar-refractivity contribution >= 4 is 35.4 Å². The van der Waals surface area contributed by atoms with Gasteiger partial charge in [0.2, 0.25) is 11.8 Å². The lowest BCUT2D eigenvalue weighted by atomic mass is 9.93. The van der Waals surface area contributed by atoms with E-state index in [2.05, 4.69) is 15.1 Å². The normalized spacial score (nSPS) is 23.0. The third-order valence-corrected chi connectivity index (χ3v) is 8.28. The average molecular weight is 554 g/mol. The second-order valence-electron chi connectivity index (χ2n) is 12.2. The molecule has 0 bridgehead atoms. The first kappa shape index (κ1) is 28.1. The van der Waals surface area contributed by atoms with Crippen LogP contribution in [0.25, 0.3) is 0 Å². The number of nitrogens with one attached hydrogen (secondary N) is 1. The number of piperazine rings is 1. The summed E-state index contributed by atoms with van der Waals surface area (Å²) in [4.78, 5) is 69.8. The van der Waals surface area contributed by atoms with Crippen LogP contribution in [0, 0.1) is 5.92 Å². The van der Waals surface area contributed by atoms with Crippen molar-refractivity contribution in [2.75, 3.05) is 50.7 Å². The highest BCUT2D eigenvalue weighted by atomic mass is 16.6. The molecule has 3 saturated heterocycles. The molecular weight excluding hydrogens is 514 g/mol. The molecule has 1 aromatic carbocycles. The molecule has 3 fully saturated rings. The maximum Gasteiger partial charge on any atom is 0.410 e. The SMILES string of the molecule is CC(C)(C)OC(=O)N1CCC(CCN2CCN(c3ccc4c(c3)C(=O)N(C3CCC(=O)NC3=O)C4=O)CC2)CC1. The molecule has 4 heterocycles. The number of benzene rings is 1.